The zero-order valence-electron chi connectivity index (χ0n) is 8.66. The summed E-state index contributed by atoms with van der Waals surface area (Å²) in [6.45, 7) is 0.536. The van der Waals surface area contributed by atoms with Crippen LogP contribution >= 0.6 is 0 Å². The van der Waals surface area contributed by atoms with Crippen molar-refractivity contribution in [1.82, 2.24) is 5.48 Å². The molecule has 0 radical (unpaired) electrons. The summed E-state index contributed by atoms with van der Waals surface area (Å²) in [6.07, 6.45) is 1.46. The van der Waals surface area contributed by atoms with Gasteiger partial charge in [-0.05, 0) is 24.8 Å². The summed E-state index contributed by atoms with van der Waals surface area (Å²) in [6, 6.07) is 10.1. The quantitative estimate of drug-likeness (QED) is 0.770. The summed E-state index contributed by atoms with van der Waals surface area (Å²) in [7, 11) is 0. The lowest BCUT2D eigenvalue weighted by atomic mass is 10.2. The highest BCUT2D eigenvalue weighted by atomic mass is 19.1. The molecule has 2 atom stereocenters. The standard InChI is InChI=1S/C12H16FNO/c13-11-6-7-12(8-11)14-15-9-10-4-2-1-3-5-10/h1-5,11-12,14H,6-9H2/t11-,12+/m0/s1. The Kier molecular flexibility index (Phi) is 3.69. The first kappa shape index (κ1) is 10.6. The number of hydrogen-bond donors (Lipinski definition) is 1. The van der Waals surface area contributed by atoms with E-state index in [0.29, 0.717) is 19.4 Å². The van der Waals surface area contributed by atoms with Crippen LogP contribution in [0.15, 0.2) is 30.3 Å². The molecular formula is C12H16FNO. The van der Waals surface area contributed by atoms with Gasteiger partial charge in [-0.2, -0.15) is 5.48 Å². The molecule has 1 aliphatic carbocycles. The molecule has 1 aliphatic rings. The Balaban J connectivity index is 1.67. The Morgan fingerprint density at radius 1 is 1.27 bits per heavy atom. The number of alkyl halides is 1. The van der Waals surface area contributed by atoms with E-state index in [4.69, 9.17) is 4.84 Å². The highest BCUT2D eigenvalue weighted by molar-refractivity contribution is 5.13. The predicted molar refractivity (Wildman–Crippen MR) is 56.9 cm³/mol. The number of hydrogen-bond acceptors (Lipinski definition) is 2. The van der Waals surface area contributed by atoms with E-state index in [0.717, 1.165) is 12.0 Å². The number of hydroxylamine groups is 1. The molecule has 2 rings (SSSR count). The molecule has 0 heterocycles. The molecule has 0 amide bonds. The van der Waals surface area contributed by atoms with E-state index < -0.39 is 6.17 Å². The van der Waals surface area contributed by atoms with Gasteiger partial charge in [-0.25, -0.2) is 4.39 Å². The van der Waals surface area contributed by atoms with Crippen LogP contribution in [0.4, 0.5) is 4.39 Å². The first-order chi connectivity index (χ1) is 7.34. The Morgan fingerprint density at radius 2 is 2.07 bits per heavy atom. The second-order valence-electron chi connectivity index (χ2n) is 4.00. The fraction of sp³-hybridized carbons (Fsp3) is 0.500. The largest absolute Gasteiger partial charge is 0.297 e. The van der Waals surface area contributed by atoms with Gasteiger partial charge in [-0.15, -0.1) is 0 Å². The van der Waals surface area contributed by atoms with Crippen molar-refractivity contribution in [2.24, 2.45) is 0 Å². The third-order valence-electron chi connectivity index (χ3n) is 2.70. The van der Waals surface area contributed by atoms with Crippen LogP contribution in [-0.4, -0.2) is 12.2 Å². The molecule has 1 aromatic carbocycles. The summed E-state index contributed by atoms with van der Waals surface area (Å²) in [5, 5.41) is 0. The van der Waals surface area contributed by atoms with Crippen molar-refractivity contribution in [3.05, 3.63) is 35.9 Å². The summed E-state index contributed by atoms with van der Waals surface area (Å²) in [5.41, 5.74) is 4.05. The van der Waals surface area contributed by atoms with Crippen molar-refractivity contribution in [1.29, 1.82) is 0 Å². The Labute approximate surface area is 89.4 Å². The fourth-order valence-corrected chi connectivity index (χ4v) is 1.85. The predicted octanol–water partition coefficient (Wildman–Crippen LogP) is 2.60. The van der Waals surface area contributed by atoms with E-state index in [-0.39, 0.29) is 6.04 Å². The molecule has 0 aliphatic heterocycles. The lowest BCUT2D eigenvalue weighted by Gasteiger charge is -2.11. The summed E-state index contributed by atoms with van der Waals surface area (Å²) >= 11 is 0. The maximum atomic E-state index is 12.8. The van der Waals surface area contributed by atoms with Gasteiger partial charge in [0.05, 0.1) is 6.61 Å². The molecule has 0 saturated heterocycles. The van der Waals surface area contributed by atoms with Crippen LogP contribution in [0.5, 0.6) is 0 Å². The van der Waals surface area contributed by atoms with Crippen LogP contribution in [0.25, 0.3) is 0 Å². The van der Waals surface area contributed by atoms with Crippen LogP contribution in [0.3, 0.4) is 0 Å². The summed E-state index contributed by atoms with van der Waals surface area (Å²) < 4.78 is 12.8. The molecule has 0 spiro atoms. The van der Waals surface area contributed by atoms with E-state index in [9.17, 15) is 4.39 Å². The van der Waals surface area contributed by atoms with E-state index in [1.807, 2.05) is 30.3 Å². The third kappa shape index (κ3) is 3.29. The van der Waals surface area contributed by atoms with Gasteiger partial charge in [0.15, 0.2) is 0 Å². The average Bonchev–Trinajstić information content (AvgIpc) is 2.66. The Morgan fingerprint density at radius 3 is 2.73 bits per heavy atom. The van der Waals surface area contributed by atoms with Crippen molar-refractivity contribution < 1.29 is 9.23 Å². The zero-order valence-corrected chi connectivity index (χ0v) is 8.66. The van der Waals surface area contributed by atoms with E-state index in [1.54, 1.807) is 0 Å². The van der Waals surface area contributed by atoms with Crippen LogP contribution < -0.4 is 5.48 Å². The third-order valence-corrected chi connectivity index (χ3v) is 2.70. The molecule has 1 aromatic rings. The molecule has 1 fully saturated rings. The van der Waals surface area contributed by atoms with Crippen LogP contribution in [0.1, 0.15) is 24.8 Å². The zero-order chi connectivity index (χ0) is 10.5. The minimum absolute atomic E-state index is 0.184. The van der Waals surface area contributed by atoms with Crippen molar-refractivity contribution in [3.8, 4) is 0 Å². The molecule has 2 nitrogen and oxygen atoms in total. The summed E-state index contributed by atoms with van der Waals surface area (Å²) in [5.74, 6) is 0. The van der Waals surface area contributed by atoms with Crippen LogP contribution in [0.2, 0.25) is 0 Å². The van der Waals surface area contributed by atoms with E-state index in [2.05, 4.69) is 5.48 Å². The lowest BCUT2D eigenvalue weighted by molar-refractivity contribution is 0.00385. The Bertz CT molecular complexity index is 291. The molecule has 15 heavy (non-hydrogen) atoms. The van der Waals surface area contributed by atoms with Crippen molar-refractivity contribution in [2.45, 2.75) is 38.1 Å². The highest BCUT2D eigenvalue weighted by Gasteiger charge is 2.23. The van der Waals surface area contributed by atoms with Gasteiger partial charge in [0, 0.05) is 6.04 Å². The number of nitrogens with one attached hydrogen (secondary N) is 1. The molecule has 0 bridgehead atoms. The van der Waals surface area contributed by atoms with Crippen LogP contribution in [0, 0.1) is 0 Å². The SMILES string of the molecule is F[C@H]1CC[C@@H](NOCc2ccccc2)C1. The number of halogens is 1. The number of benzene rings is 1. The maximum absolute atomic E-state index is 12.8. The van der Waals surface area contributed by atoms with Crippen molar-refractivity contribution in [3.63, 3.8) is 0 Å². The highest BCUT2D eigenvalue weighted by Crippen LogP contribution is 2.21. The number of rotatable bonds is 4. The van der Waals surface area contributed by atoms with Crippen molar-refractivity contribution in [2.75, 3.05) is 0 Å². The van der Waals surface area contributed by atoms with Gasteiger partial charge in [-0.1, -0.05) is 30.3 Å². The van der Waals surface area contributed by atoms with Gasteiger partial charge in [-0.3, -0.25) is 4.84 Å². The Hall–Kier alpha value is -0.930. The van der Waals surface area contributed by atoms with Crippen molar-refractivity contribution >= 4 is 0 Å². The molecule has 1 saturated carbocycles. The average molecular weight is 209 g/mol. The van der Waals surface area contributed by atoms with E-state index in [1.165, 1.54) is 0 Å². The van der Waals surface area contributed by atoms with E-state index >= 15 is 0 Å². The molecule has 0 aromatic heterocycles. The maximum Gasteiger partial charge on any atom is 0.102 e. The van der Waals surface area contributed by atoms with Crippen LogP contribution in [-0.2, 0) is 11.4 Å². The molecule has 82 valence electrons. The minimum atomic E-state index is -0.650. The molecular weight excluding hydrogens is 193 g/mol. The second kappa shape index (κ2) is 5.24. The molecule has 1 N–H and O–H groups in total. The van der Waals surface area contributed by atoms with Gasteiger partial charge in [0.25, 0.3) is 0 Å². The van der Waals surface area contributed by atoms with Gasteiger partial charge >= 0.3 is 0 Å². The lowest BCUT2D eigenvalue weighted by Crippen LogP contribution is -2.26. The fourth-order valence-electron chi connectivity index (χ4n) is 1.85. The first-order valence-corrected chi connectivity index (χ1v) is 5.40. The normalized spacial score (nSPS) is 25.7. The monoisotopic (exact) mass is 209 g/mol. The molecule has 0 unspecified atom stereocenters. The smallest absolute Gasteiger partial charge is 0.102 e. The minimum Gasteiger partial charge on any atom is -0.297 e. The van der Waals surface area contributed by atoms with Gasteiger partial charge in [0.1, 0.15) is 6.17 Å². The van der Waals surface area contributed by atoms with Gasteiger partial charge < -0.3 is 0 Å². The second-order valence-corrected chi connectivity index (χ2v) is 4.00. The molecule has 3 heteroatoms. The summed E-state index contributed by atoms with van der Waals surface area (Å²) in [4.78, 5) is 5.34. The van der Waals surface area contributed by atoms with Gasteiger partial charge in [0.2, 0.25) is 0 Å². The topological polar surface area (TPSA) is 21.3 Å². The first-order valence-electron chi connectivity index (χ1n) is 5.40.